The molecule has 2 unspecified atom stereocenters. The van der Waals surface area contributed by atoms with Crippen molar-refractivity contribution in [2.45, 2.75) is 58.3 Å². The van der Waals surface area contributed by atoms with Gasteiger partial charge in [0, 0.05) is 45.2 Å². The minimum absolute atomic E-state index is 0. The number of nitrogens with zero attached hydrogens (tertiary/aromatic N) is 2. The van der Waals surface area contributed by atoms with E-state index < -0.39 is 0 Å². The summed E-state index contributed by atoms with van der Waals surface area (Å²) in [7, 11) is 1.83. The van der Waals surface area contributed by atoms with Crippen molar-refractivity contribution < 1.29 is 9.47 Å². The number of guanidine groups is 1. The third-order valence-corrected chi connectivity index (χ3v) is 5.65. The minimum Gasteiger partial charge on any atom is -0.493 e. The summed E-state index contributed by atoms with van der Waals surface area (Å²) in [5.41, 5.74) is 2.70. The topological polar surface area (TPSA) is 58.1 Å². The molecule has 0 amide bonds. The van der Waals surface area contributed by atoms with Crippen molar-refractivity contribution in [2.75, 3.05) is 39.8 Å². The molecule has 7 heteroatoms. The quantitative estimate of drug-likeness (QED) is 0.346. The molecule has 2 aliphatic rings. The Hall–Kier alpha value is -1.06. The van der Waals surface area contributed by atoms with Crippen LogP contribution in [0.1, 0.15) is 38.8 Å². The highest BCUT2D eigenvalue weighted by molar-refractivity contribution is 14.0. The molecule has 0 bridgehead atoms. The number of fused-ring (bicyclic) bond motifs is 1. The standard InChI is InChI=1S/C22H36N4O2.HI/c1-16-13-26(14-17(2)28-16)22(3,4)15-25-21(23-5)24-10-8-18-6-7-20-19(12-18)9-11-27-20;/h6-7,12,16-17H,8-11,13-15H2,1-5H3,(H2,23,24,25);1H. The molecule has 0 radical (unpaired) electrons. The van der Waals surface area contributed by atoms with Gasteiger partial charge in [0.1, 0.15) is 5.75 Å². The molecule has 2 heterocycles. The first-order valence-electron chi connectivity index (χ1n) is 10.5. The Labute approximate surface area is 192 Å². The van der Waals surface area contributed by atoms with Crippen molar-refractivity contribution in [1.82, 2.24) is 15.5 Å². The Bertz CT molecular complexity index is 685. The second-order valence-corrected chi connectivity index (χ2v) is 8.62. The van der Waals surface area contributed by atoms with Gasteiger partial charge in [0.2, 0.25) is 0 Å². The smallest absolute Gasteiger partial charge is 0.191 e. The number of aliphatic imine (C=N–C) groups is 1. The zero-order chi connectivity index (χ0) is 20.1. The molecule has 2 atom stereocenters. The summed E-state index contributed by atoms with van der Waals surface area (Å²) in [5, 5.41) is 6.94. The number of morpholine rings is 1. The molecule has 1 aromatic rings. The lowest BCUT2D eigenvalue weighted by Gasteiger charge is -2.45. The summed E-state index contributed by atoms with van der Waals surface area (Å²) >= 11 is 0. The lowest BCUT2D eigenvalue weighted by molar-refractivity contribution is -0.0946. The average molecular weight is 516 g/mol. The summed E-state index contributed by atoms with van der Waals surface area (Å²) in [6, 6.07) is 6.52. The lowest BCUT2D eigenvalue weighted by Crippen LogP contribution is -2.59. The van der Waals surface area contributed by atoms with E-state index in [-0.39, 0.29) is 41.7 Å². The largest absolute Gasteiger partial charge is 0.493 e. The van der Waals surface area contributed by atoms with E-state index >= 15 is 0 Å². The van der Waals surface area contributed by atoms with Crippen molar-refractivity contribution in [3.63, 3.8) is 0 Å². The fourth-order valence-electron chi connectivity index (χ4n) is 4.03. The Morgan fingerprint density at radius 1 is 1.21 bits per heavy atom. The first kappa shape index (κ1) is 24.2. The van der Waals surface area contributed by atoms with Crippen LogP contribution in [0.3, 0.4) is 0 Å². The van der Waals surface area contributed by atoms with Gasteiger partial charge in [-0.15, -0.1) is 24.0 Å². The van der Waals surface area contributed by atoms with Gasteiger partial charge in [0.15, 0.2) is 5.96 Å². The first-order chi connectivity index (χ1) is 13.4. The Morgan fingerprint density at radius 3 is 2.62 bits per heavy atom. The maximum Gasteiger partial charge on any atom is 0.191 e. The molecule has 1 fully saturated rings. The summed E-state index contributed by atoms with van der Waals surface area (Å²) in [5.74, 6) is 1.90. The van der Waals surface area contributed by atoms with Gasteiger partial charge in [0.05, 0.1) is 18.8 Å². The molecule has 0 saturated carbocycles. The number of nitrogens with one attached hydrogen (secondary N) is 2. The Balaban J connectivity index is 0.00000300. The van der Waals surface area contributed by atoms with Crippen LogP contribution in [0.4, 0.5) is 0 Å². The van der Waals surface area contributed by atoms with Crippen LogP contribution in [-0.4, -0.2) is 68.4 Å². The van der Waals surface area contributed by atoms with Crippen molar-refractivity contribution >= 4 is 29.9 Å². The highest BCUT2D eigenvalue weighted by Gasteiger charge is 2.33. The van der Waals surface area contributed by atoms with E-state index in [1.807, 2.05) is 7.05 Å². The van der Waals surface area contributed by atoms with Gasteiger partial charge in [-0.05, 0) is 51.3 Å². The Morgan fingerprint density at radius 2 is 1.93 bits per heavy atom. The van der Waals surface area contributed by atoms with Gasteiger partial charge in [-0.1, -0.05) is 12.1 Å². The van der Waals surface area contributed by atoms with Gasteiger partial charge in [-0.3, -0.25) is 9.89 Å². The first-order valence-corrected chi connectivity index (χ1v) is 10.5. The molecule has 29 heavy (non-hydrogen) atoms. The minimum atomic E-state index is 0. The van der Waals surface area contributed by atoms with E-state index in [1.165, 1.54) is 11.1 Å². The van der Waals surface area contributed by atoms with Gasteiger partial charge in [-0.2, -0.15) is 0 Å². The second-order valence-electron chi connectivity index (χ2n) is 8.62. The maximum absolute atomic E-state index is 5.88. The van der Waals surface area contributed by atoms with Crippen molar-refractivity contribution in [2.24, 2.45) is 4.99 Å². The van der Waals surface area contributed by atoms with E-state index in [2.05, 4.69) is 66.4 Å². The SMILES string of the molecule is CN=C(NCCc1ccc2c(c1)CCO2)NCC(C)(C)N1CC(C)OC(C)C1.I. The summed E-state index contributed by atoms with van der Waals surface area (Å²) < 4.78 is 11.5. The number of ether oxygens (including phenoxy) is 2. The predicted molar refractivity (Wildman–Crippen MR) is 130 cm³/mol. The maximum atomic E-state index is 5.88. The third-order valence-electron chi connectivity index (χ3n) is 5.65. The number of rotatable bonds is 6. The van der Waals surface area contributed by atoms with Gasteiger partial charge < -0.3 is 20.1 Å². The van der Waals surface area contributed by atoms with Crippen LogP contribution in [-0.2, 0) is 17.6 Å². The van der Waals surface area contributed by atoms with E-state index in [9.17, 15) is 0 Å². The molecule has 0 aliphatic carbocycles. The highest BCUT2D eigenvalue weighted by atomic mass is 127. The van der Waals surface area contributed by atoms with Crippen molar-refractivity contribution in [3.05, 3.63) is 29.3 Å². The number of halogens is 1. The van der Waals surface area contributed by atoms with E-state index in [1.54, 1.807) is 0 Å². The van der Waals surface area contributed by atoms with Crippen LogP contribution in [0.25, 0.3) is 0 Å². The van der Waals surface area contributed by atoms with Crippen LogP contribution in [0.5, 0.6) is 5.75 Å². The monoisotopic (exact) mass is 516 g/mol. The number of hydrogen-bond acceptors (Lipinski definition) is 4. The van der Waals surface area contributed by atoms with E-state index in [0.29, 0.717) is 0 Å². The molecule has 2 N–H and O–H groups in total. The van der Waals surface area contributed by atoms with E-state index in [0.717, 1.165) is 57.3 Å². The summed E-state index contributed by atoms with van der Waals surface area (Å²) in [6.45, 7) is 13.3. The van der Waals surface area contributed by atoms with Crippen LogP contribution in [0, 0.1) is 0 Å². The fourth-order valence-corrected chi connectivity index (χ4v) is 4.03. The van der Waals surface area contributed by atoms with Gasteiger partial charge in [0.25, 0.3) is 0 Å². The van der Waals surface area contributed by atoms with Gasteiger partial charge >= 0.3 is 0 Å². The molecule has 0 aromatic heterocycles. The second kappa shape index (κ2) is 10.8. The molecular weight excluding hydrogens is 479 g/mol. The van der Waals surface area contributed by atoms with Crippen LogP contribution < -0.4 is 15.4 Å². The van der Waals surface area contributed by atoms with Crippen LogP contribution in [0.2, 0.25) is 0 Å². The fraction of sp³-hybridized carbons (Fsp3) is 0.682. The van der Waals surface area contributed by atoms with Crippen molar-refractivity contribution in [1.29, 1.82) is 0 Å². The zero-order valence-electron chi connectivity index (χ0n) is 18.5. The molecule has 3 rings (SSSR count). The summed E-state index contributed by atoms with van der Waals surface area (Å²) in [6.07, 6.45) is 2.54. The summed E-state index contributed by atoms with van der Waals surface area (Å²) in [4.78, 5) is 6.90. The molecule has 0 spiro atoms. The molecule has 2 aliphatic heterocycles. The molecule has 1 saturated heterocycles. The lowest BCUT2D eigenvalue weighted by atomic mass is 10.00. The normalized spacial score (nSPS) is 22.4. The van der Waals surface area contributed by atoms with Crippen molar-refractivity contribution in [3.8, 4) is 5.75 Å². The highest BCUT2D eigenvalue weighted by Crippen LogP contribution is 2.26. The third kappa shape index (κ3) is 6.72. The zero-order valence-corrected chi connectivity index (χ0v) is 20.8. The molecule has 6 nitrogen and oxygen atoms in total. The predicted octanol–water partition coefficient (Wildman–Crippen LogP) is 2.83. The van der Waals surface area contributed by atoms with Crippen LogP contribution >= 0.6 is 24.0 Å². The van der Waals surface area contributed by atoms with Crippen LogP contribution in [0.15, 0.2) is 23.2 Å². The van der Waals surface area contributed by atoms with E-state index in [4.69, 9.17) is 9.47 Å². The average Bonchev–Trinajstić information content (AvgIpc) is 3.11. The van der Waals surface area contributed by atoms with Gasteiger partial charge in [-0.25, -0.2) is 0 Å². The number of hydrogen-bond donors (Lipinski definition) is 2. The Kier molecular flexibility index (Phi) is 9.03. The molecule has 1 aromatic carbocycles. The molecular formula is C22H37IN4O2. The number of benzene rings is 1. The molecule has 164 valence electrons.